The molecule has 8 nitrogen and oxygen atoms in total. The number of hydrogen-bond donors (Lipinski definition) is 1. The number of imide groups is 1. The number of carbonyl (C=O) groups excluding carboxylic acids is 2. The monoisotopic (exact) mass is 392 g/mol. The Morgan fingerprint density at radius 1 is 1.03 bits per heavy atom. The zero-order chi connectivity index (χ0) is 21.9. The van der Waals surface area contributed by atoms with Crippen molar-refractivity contribution in [3.8, 4) is 18.0 Å². The maximum atomic E-state index is 12.6. The number of likely N-dealkylation sites (N-methyl/N-ethyl adjacent to an activating group) is 1. The second-order valence-electron chi connectivity index (χ2n) is 6.30. The van der Waals surface area contributed by atoms with Crippen molar-refractivity contribution in [2.24, 2.45) is 0 Å². The van der Waals surface area contributed by atoms with Crippen LogP contribution in [0.25, 0.3) is 6.08 Å². The van der Waals surface area contributed by atoms with Crippen molar-refractivity contribution < 1.29 is 14.7 Å². The molecule has 1 aromatic rings. The summed E-state index contributed by atoms with van der Waals surface area (Å²) in [5.74, 6) is -1.43. The lowest BCUT2D eigenvalue weighted by Gasteiger charge is -2.25. The molecule has 1 aromatic heterocycles. The van der Waals surface area contributed by atoms with Crippen LogP contribution in [0, 0.1) is 29.6 Å². The van der Waals surface area contributed by atoms with Crippen LogP contribution in [-0.4, -0.2) is 32.9 Å². The van der Waals surface area contributed by atoms with E-state index in [0.29, 0.717) is 5.56 Å². The fraction of sp³-hybridized carbons (Fsp3) is 0.286. The first-order valence-electron chi connectivity index (χ1n) is 8.97. The van der Waals surface area contributed by atoms with E-state index in [9.17, 15) is 30.0 Å². The van der Waals surface area contributed by atoms with Gasteiger partial charge < -0.3 is 5.11 Å². The molecule has 1 aliphatic heterocycles. The van der Waals surface area contributed by atoms with Crippen LogP contribution in [-0.2, 0) is 16.1 Å². The van der Waals surface area contributed by atoms with Crippen molar-refractivity contribution in [1.82, 2.24) is 9.47 Å². The van der Waals surface area contributed by atoms with Crippen LogP contribution < -0.4 is 5.56 Å². The minimum Gasteiger partial charge on any atom is -0.494 e. The molecule has 0 atom stereocenters. The molecule has 29 heavy (non-hydrogen) atoms. The lowest BCUT2D eigenvalue weighted by atomic mass is 9.95. The summed E-state index contributed by atoms with van der Waals surface area (Å²) in [6.07, 6.45) is 4.39. The van der Waals surface area contributed by atoms with Gasteiger partial charge in [-0.1, -0.05) is 6.08 Å². The molecule has 1 aliphatic rings. The van der Waals surface area contributed by atoms with E-state index in [1.54, 1.807) is 20.8 Å². The third kappa shape index (κ3) is 3.48. The summed E-state index contributed by atoms with van der Waals surface area (Å²) in [5, 5.41) is 28.9. The van der Waals surface area contributed by atoms with Crippen LogP contribution in [0.3, 0.4) is 0 Å². The highest BCUT2D eigenvalue weighted by atomic mass is 16.3. The molecule has 2 rings (SSSR count). The standard InChI is InChI=1S/C21H20N4O4/c1-5-24-18(26)14(12(3)16(10-22)20(24)28)8-7-9-15-13(4)17(11-23)21(29)25(6-2)19(15)27/h7-9,26H,5-6H2,1-4H3. The molecule has 2 amide bonds. The van der Waals surface area contributed by atoms with Crippen LogP contribution >= 0.6 is 0 Å². The zero-order valence-electron chi connectivity index (χ0n) is 16.6. The zero-order valence-corrected chi connectivity index (χ0v) is 16.6. The summed E-state index contributed by atoms with van der Waals surface area (Å²) < 4.78 is 1.08. The minimum atomic E-state index is -0.624. The largest absolute Gasteiger partial charge is 0.494 e. The first-order chi connectivity index (χ1) is 13.7. The first-order valence-corrected chi connectivity index (χ1v) is 8.97. The number of carbonyl (C=O) groups is 2. The normalized spacial score (nSPS) is 15.9. The molecule has 0 bridgehead atoms. The van der Waals surface area contributed by atoms with Crippen molar-refractivity contribution in [1.29, 1.82) is 10.5 Å². The quantitative estimate of drug-likeness (QED) is 0.616. The Bertz CT molecular complexity index is 1140. The van der Waals surface area contributed by atoms with Gasteiger partial charge in [0.05, 0.1) is 0 Å². The number of allylic oxidation sites excluding steroid dienone is 2. The van der Waals surface area contributed by atoms with Crippen LogP contribution in [0.15, 0.2) is 33.7 Å². The summed E-state index contributed by atoms with van der Waals surface area (Å²) in [4.78, 5) is 38.0. The molecule has 0 aliphatic carbocycles. The highest BCUT2D eigenvalue weighted by molar-refractivity contribution is 6.18. The smallest absolute Gasteiger partial charge is 0.271 e. The van der Waals surface area contributed by atoms with Crippen molar-refractivity contribution in [3.63, 3.8) is 0 Å². The Hall–Kier alpha value is -3.91. The SMILES string of the molecule is CCN1C(=O)C(=CC=Cc2c(C)c(C#N)c(=O)n(CC)c2O)C(C)=C(C#N)C1=O. The Kier molecular flexibility index (Phi) is 6.20. The van der Waals surface area contributed by atoms with Crippen LogP contribution in [0.5, 0.6) is 5.88 Å². The van der Waals surface area contributed by atoms with E-state index < -0.39 is 17.4 Å². The van der Waals surface area contributed by atoms with E-state index in [-0.39, 0.29) is 46.8 Å². The molecular weight excluding hydrogens is 372 g/mol. The number of aromatic nitrogens is 1. The lowest BCUT2D eigenvalue weighted by Crippen LogP contribution is -2.42. The molecule has 0 saturated carbocycles. The predicted molar refractivity (Wildman–Crippen MR) is 105 cm³/mol. The summed E-state index contributed by atoms with van der Waals surface area (Å²) in [7, 11) is 0. The van der Waals surface area contributed by atoms with Gasteiger partial charge in [0.15, 0.2) is 0 Å². The molecule has 2 heterocycles. The Labute approximate surface area is 167 Å². The molecule has 1 N–H and O–H groups in total. The third-order valence-electron chi connectivity index (χ3n) is 4.83. The van der Waals surface area contributed by atoms with Gasteiger partial charge in [0.25, 0.3) is 17.4 Å². The van der Waals surface area contributed by atoms with Gasteiger partial charge in [0, 0.05) is 24.2 Å². The van der Waals surface area contributed by atoms with E-state index in [1.165, 1.54) is 25.2 Å². The average Bonchev–Trinajstić information content (AvgIpc) is 2.68. The van der Waals surface area contributed by atoms with E-state index >= 15 is 0 Å². The summed E-state index contributed by atoms with van der Waals surface area (Å²) in [5.41, 5.74) is 0.299. The van der Waals surface area contributed by atoms with Gasteiger partial charge in [-0.3, -0.25) is 23.9 Å². The number of hydrogen-bond acceptors (Lipinski definition) is 6. The number of rotatable bonds is 4. The molecule has 0 unspecified atom stereocenters. The van der Waals surface area contributed by atoms with Gasteiger partial charge in [-0.2, -0.15) is 10.5 Å². The van der Waals surface area contributed by atoms with Gasteiger partial charge >= 0.3 is 0 Å². The highest BCUT2D eigenvalue weighted by Gasteiger charge is 2.34. The first kappa shape index (κ1) is 21.4. The summed E-state index contributed by atoms with van der Waals surface area (Å²) >= 11 is 0. The number of amides is 2. The fourth-order valence-corrected chi connectivity index (χ4v) is 3.15. The van der Waals surface area contributed by atoms with Crippen molar-refractivity contribution in [2.45, 2.75) is 34.2 Å². The second-order valence-corrected chi connectivity index (χ2v) is 6.30. The summed E-state index contributed by atoms with van der Waals surface area (Å²) in [6, 6.07) is 3.69. The average molecular weight is 392 g/mol. The maximum absolute atomic E-state index is 12.6. The van der Waals surface area contributed by atoms with Crippen LogP contribution in [0.4, 0.5) is 0 Å². The van der Waals surface area contributed by atoms with Crippen molar-refractivity contribution in [2.75, 3.05) is 6.54 Å². The number of nitrogens with zero attached hydrogens (tertiary/aromatic N) is 4. The van der Waals surface area contributed by atoms with E-state index in [2.05, 4.69) is 0 Å². The number of aromatic hydroxyl groups is 1. The molecule has 0 fully saturated rings. The van der Waals surface area contributed by atoms with Gasteiger partial charge in [-0.05, 0) is 51.0 Å². The molecule has 148 valence electrons. The number of nitriles is 2. The number of pyridine rings is 1. The van der Waals surface area contributed by atoms with Gasteiger partial charge in [-0.15, -0.1) is 0 Å². The van der Waals surface area contributed by atoms with Crippen molar-refractivity contribution >= 4 is 17.9 Å². The maximum Gasteiger partial charge on any atom is 0.271 e. The molecule has 0 radical (unpaired) electrons. The van der Waals surface area contributed by atoms with Crippen molar-refractivity contribution in [3.05, 3.63) is 55.9 Å². The Morgan fingerprint density at radius 3 is 2.21 bits per heavy atom. The summed E-state index contributed by atoms with van der Waals surface area (Å²) in [6.45, 7) is 6.69. The van der Waals surface area contributed by atoms with Crippen LogP contribution in [0.1, 0.15) is 37.5 Å². The minimum absolute atomic E-state index is 0.0729. The molecule has 0 spiro atoms. The fourth-order valence-electron chi connectivity index (χ4n) is 3.15. The molecule has 8 heteroatoms. The van der Waals surface area contributed by atoms with E-state index in [1.807, 2.05) is 12.1 Å². The third-order valence-corrected chi connectivity index (χ3v) is 4.83. The van der Waals surface area contributed by atoms with E-state index in [0.717, 1.165) is 9.47 Å². The molecule has 0 saturated heterocycles. The second kappa shape index (κ2) is 8.41. The molecule has 0 aromatic carbocycles. The highest BCUT2D eigenvalue weighted by Crippen LogP contribution is 2.26. The van der Waals surface area contributed by atoms with E-state index in [4.69, 9.17) is 0 Å². The van der Waals surface area contributed by atoms with Gasteiger partial charge in [0.2, 0.25) is 5.88 Å². The van der Waals surface area contributed by atoms with Gasteiger partial charge in [0.1, 0.15) is 23.3 Å². The van der Waals surface area contributed by atoms with Gasteiger partial charge in [-0.25, -0.2) is 0 Å². The topological polar surface area (TPSA) is 127 Å². The Balaban J connectivity index is 2.63. The molecular formula is C21H20N4O4. The predicted octanol–water partition coefficient (Wildman–Crippen LogP) is 1.92. The van der Waals surface area contributed by atoms with Crippen LogP contribution in [0.2, 0.25) is 0 Å². The Morgan fingerprint density at radius 2 is 1.69 bits per heavy atom. The lowest BCUT2D eigenvalue weighted by molar-refractivity contribution is -0.140.